The van der Waals surface area contributed by atoms with Gasteiger partial charge in [-0.1, -0.05) is 77.4 Å². The second kappa shape index (κ2) is 19.1. The van der Waals surface area contributed by atoms with Crippen molar-refractivity contribution in [3.8, 4) is 12.3 Å². The first kappa shape index (κ1) is 23.8. The molecule has 0 aliphatic rings. The molecule has 0 saturated carbocycles. The van der Waals surface area contributed by atoms with Crippen LogP contribution in [0.3, 0.4) is 0 Å². The molecule has 0 amide bonds. The number of rotatable bonds is 17. The number of hydrogen-bond donors (Lipinski definition) is 0. The fraction of sp³-hybridized carbons (Fsp3) is 0.783. The van der Waals surface area contributed by atoms with Gasteiger partial charge < -0.3 is 4.74 Å². The molecule has 0 radical (unpaired) electrons. The first-order valence-electron chi connectivity index (χ1n) is 10.4. The predicted octanol–water partition coefficient (Wildman–Crippen LogP) is 6.84. The molecule has 0 heterocycles. The van der Waals surface area contributed by atoms with E-state index < -0.39 is 0 Å². The zero-order valence-electron chi connectivity index (χ0n) is 16.7. The lowest BCUT2D eigenvalue weighted by Gasteiger charge is -2.07. The quantitative estimate of drug-likeness (QED) is 0.124. The van der Waals surface area contributed by atoms with E-state index >= 15 is 0 Å². The van der Waals surface area contributed by atoms with Gasteiger partial charge in [0.1, 0.15) is 6.61 Å². The van der Waals surface area contributed by atoms with Crippen LogP contribution in [0.5, 0.6) is 0 Å². The molecule has 144 valence electrons. The molecule has 0 spiro atoms. The molecule has 1 atom stereocenters. The molecule has 0 fully saturated rings. The minimum absolute atomic E-state index is 0.109. The Morgan fingerprint density at radius 1 is 1.04 bits per heavy atom. The Bertz CT molecular complexity index is 365. The highest BCUT2D eigenvalue weighted by atomic mass is 16.5. The molecule has 0 rings (SSSR count). The average molecular weight is 349 g/mol. The predicted molar refractivity (Wildman–Crippen MR) is 108 cm³/mol. The third-order valence-corrected chi connectivity index (χ3v) is 4.52. The van der Waals surface area contributed by atoms with Crippen LogP contribution in [0.15, 0.2) is 12.2 Å². The summed E-state index contributed by atoms with van der Waals surface area (Å²) in [6.07, 6.45) is 25.9. The van der Waals surface area contributed by atoms with Crippen molar-refractivity contribution in [3.63, 3.8) is 0 Å². The summed E-state index contributed by atoms with van der Waals surface area (Å²) in [6, 6.07) is 0. The highest BCUT2D eigenvalue weighted by molar-refractivity contribution is 5.69. The van der Waals surface area contributed by atoms with Crippen LogP contribution < -0.4 is 0 Å². The monoisotopic (exact) mass is 348 g/mol. The van der Waals surface area contributed by atoms with Crippen molar-refractivity contribution in [2.75, 3.05) is 6.61 Å². The van der Waals surface area contributed by atoms with E-state index in [1.54, 1.807) is 0 Å². The van der Waals surface area contributed by atoms with E-state index in [2.05, 4.69) is 31.9 Å². The lowest BCUT2D eigenvalue weighted by molar-refractivity contribution is -0.143. The third kappa shape index (κ3) is 18.9. The number of carbonyl (C=O) groups is 1. The van der Waals surface area contributed by atoms with Crippen LogP contribution in [0, 0.1) is 18.3 Å². The Morgan fingerprint density at radius 3 is 2.52 bits per heavy atom. The smallest absolute Gasteiger partial charge is 0.305 e. The summed E-state index contributed by atoms with van der Waals surface area (Å²) in [4.78, 5) is 11.4. The number of esters is 1. The molecule has 0 saturated heterocycles. The molecular formula is C23H40O2. The molecule has 0 aromatic heterocycles. The van der Waals surface area contributed by atoms with Gasteiger partial charge in [0.2, 0.25) is 0 Å². The number of ether oxygens (including phenoxy) is 1. The summed E-state index contributed by atoms with van der Waals surface area (Å²) in [5, 5.41) is 0. The SMILES string of the molecule is C#CCCOC(=O)CCCCCCC/C=C\CC(C)CCCCCC. The van der Waals surface area contributed by atoms with Crippen molar-refractivity contribution in [2.45, 2.75) is 104 Å². The Hall–Kier alpha value is -1.23. The van der Waals surface area contributed by atoms with E-state index in [1.165, 1.54) is 64.2 Å². The number of allylic oxidation sites excluding steroid dienone is 2. The van der Waals surface area contributed by atoms with Crippen molar-refractivity contribution in [3.05, 3.63) is 12.2 Å². The molecule has 0 aliphatic carbocycles. The summed E-state index contributed by atoms with van der Waals surface area (Å²) >= 11 is 0. The first-order chi connectivity index (χ1) is 12.2. The Labute approximate surface area is 156 Å². The van der Waals surface area contributed by atoms with E-state index in [0.29, 0.717) is 19.4 Å². The van der Waals surface area contributed by atoms with Gasteiger partial charge in [0, 0.05) is 12.8 Å². The summed E-state index contributed by atoms with van der Waals surface area (Å²) in [5.41, 5.74) is 0. The van der Waals surface area contributed by atoms with Crippen LogP contribution in [0.4, 0.5) is 0 Å². The standard InChI is InChI=1S/C23H40O2/c1-4-6-8-15-18-22(3)19-16-13-11-9-10-12-14-17-20-23(24)25-21-7-5-2/h2,13,16,22H,4,6-12,14-15,17-21H2,1,3H3/b16-13-. The van der Waals surface area contributed by atoms with Gasteiger partial charge in [-0.2, -0.15) is 0 Å². The average Bonchev–Trinajstić information content (AvgIpc) is 2.60. The summed E-state index contributed by atoms with van der Waals surface area (Å²) in [7, 11) is 0. The molecule has 0 bridgehead atoms. The lowest BCUT2D eigenvalue weighted by atomic mass is 9.99. The van der Waals surface area contributed by atoms with E-state index in [0.717, 1.165) is 18.8 Å². The summed E-state index contributed by atoms with van der Waals surface area (Å²) < 4.78 is 5.02. The molecule has 25 heavy (non-hydrogen) atoms. The van der Waals surface area contributed by atoms with Gasteiger partial charge in [-0.15, -0.1) is 12.3 Å². The minimum Gasteiger partial charge on any atom is -0.465 e. The molecule has 0 aromatic rings. The van der Waals surface area contributed by atoms with Gasteiger partial charge in [0.05, 0.1) is 0 Å². The van der Waals surface area contributed by atoms with Crippen LogP contribution in [0.25, 0.3) is 0 Å². The maximum Gasteiger partial charge on any atom is 0.305 e. The minimum atomic E-state index is -0.109. The number of terminal acetylenes is 1. The van der Waals surface area contributed by atoms with Gasteiger partial charge in [-0.25, -0.2) is 0 Å². The van der Waals surface area contributed by atoms with Gasteiger partial charge >= 0.3 is 5.97 Å². The van der Waals surface area contributed by atoms with Crippen molar-refractivity contribution in [1.29, 1.82) is 0 Å². The third-order valence-electron chi connectivity index (χ3n) is 4.52. The zero-order valence-corrected chi connectivity index (χ0v) is 16.7. The lowest BCUT2D eigenvalue weighted by Crippen LogP contribution is -2.04. The molecule has 0 aliphatic heterocycles. The van der Waals surface area contributed by atoms with Crippen LogP contribution in [-0.2, 0) is 9.53 Å². The van der Waals surface area contributed by atoms with Crippen molar-refractivity contribution < 1.29 is 9.53 Å². The normalized spacial score (nSPS) is 12.2. The van der Waals surface area contributed by atoms with Gasteiger partial charge in [0.15, 0.2) is 0 Å². The van der Waals surface area contributed by atoms with Crippen molar-refractivity contribution in [1.82, 2.24) is 0 Å². The maximum atomic E-state index is 11.4. The Balaban J connectivity index is 3.32. The largest absolute Gasteiger partial charge is 0.465 e. The van der Waals surface area contributed by atoms with Crippen LogP contribution >= 0.6 is 0 Å². The summed E-state index contributed by atoms with van der Waals surface area (Å²) in [6.45, 7) is 5.00. The van der Waals surface area contributed by atoms with Gasteiger partial charge in [0.25, 0.3) is 0 Å². The second-order valence-electron chi connectivity index (χ2n) is 7.14. The molecule has 2 heteroatoms. The zero-order chi connectivity index (χ0) is 18.6. The van der Waals surface area contributed by atoms with Crippen LogP contribution in [0.2, 0.25) is 0 Å². The fourth-order valence-corrected chi connectivity index (χ4v) is 2.84. The molecular weight excluding hydrogens is 308 g/mol. The van der Waals surface area contributed by atoms with Gasteiger partial charge in [-0.3, -0.25) is 4.79 Å². The van der Waals surface area contributed by atoms with Crippen LogP contribution in [0.1, 0.15) is 104 Å². The molecule has 2 nitrogen and oxygen atoms in total. The molecule has 0 N–H and O–H groups in total. The molecule has 0 aromatic carbocycles. The number of unbranched alkanes of at least 4 members (excludes halogenated alkanes) is 8. The van der Waals surface area contributed by atoms with Gasteiger partial charge in [-0.05, 0) is 31.6 Å². The Kier molecular flexibility index (Phi) is 18.2. The molecule has 1 unspecified atom stereocenters. The Morgan fingerprint density at radius 2 is 1.76 bits per heavy atom. The van der Waals surface area contributed by atoms with E-state index in [4.69, 9.17) is 11.2 Å². The van der Waals surface area contributed by atoms with E-state index in [1.807, 2.05) is 0 Å². The summed E-state index contributed by atoms with van der Waals surface area (Å²) in [5.74, 6) is 3.18. The topological polar surface area (TPSA) is 26.3 Å². The number of hydrogen-bond acceptors (Lipinski definition) is 2. The van der Waals surface area contributed by atoms with Crippen molar-refractivity contribution in [2.24, 2.45) is 5.92 Å². The van der Waals surface area contributed by atoms with Crippen molar-refractivity contribution >= 4 is 5.97 Å². The highest BCUT2D eigenvalue weighted by Gasteiger charge is 2.01. The fourth-order valence-electron chi connectivity index (χ4n) is 2.84. The van der Waals surface area contributed by atoms with E-state index in [9.17, 15) is 4.79 Å². The highest BCUT2D eigenvalue weighted by Crippen LogP contribution is 2.15. The second-order valence-corrected chi connectivity index (χ2v) is 7.14. The maximum absolute atomic E-state index is 11.4. The van der Waals surface area contributed by atoms with E-state index in [-0.39, 0.29) is 5.97 Å². The van der Waals surface area contributed by atoms with Crippen LogP contribution in [-0.4, -0.2) is 12.6 Å². The number of carbonyl (C=O) groups excluding carboxylic acids is 1. The first-order valence-corrected chi connectivity index (χ1v) is 10.4.